The molecule has 0 unspecified atom stereocenters. The van der Waals surface area contributed by atoms with Crippen LogP contribution in [0.3, 0.4) is 0 Å². The summed E-state index contributed by atoms with van der Waals surface area (Å²) in [5.41, 5.74) is 3.57. The van der Waals surface area contributed by atoms with Crippen LogP contribution in [0.1, 0.15) is 22.8 Å². The molecular formula is C18H15NO2. The molecule has 0 aliphatic rings. The number of carboxylic acids is 1. The van der Waals surface area contributed by atoms with Crippen molar-refractivity contribution >= 4 is 16.9 Å². The molecule has 0 atom stereocenters. The van der Waals surface area contributed by atoms with E-state index in [9.17, 15) is 9.90 Å². The highest BCUT2D eigenvalue weighted by Crippen LogP contribution is 2.30. The Morgan fingerprint density at radius 2 is 1.71 bits per heavy atom. The Labute approximate surface area is 122 Å². The van der Waals surface area contributed by atoms with E-state index in [2.05, 4.69) is 0 Å². The number of rotatable bonds is 3. The van der Waals surface area contributed by atoms with Crippen LogP contribution in [0.4, 0.5) is 0 Å². The Bertz CT molecular complexity index is 810. The van der Waals surface area contributed by atoms with E-state index < -0.39 is 5.97 Å². The Balaban J connectivity index is 2.43. The van der Waals surface area contributed by atoms with Crippen LogP contribution in [-0.2, 0) is 6.42 Å². The van der Waals surface area contributed by atoms with Crippen molar-refractivity contribution in [3.63, 3.8) is 0 Å². The number of carboxylic acid groups (broad SMARTS) is 1. The molecule has 0 saturated carbocycles. The molecule has 21 heavy (non-hydrogen) atoms. The van der Waals surface area contributed by atoms with E-state index in [4.69, 9.17) is 4.98 Å². The number of aromatic nitrogens is 1. The molecule has 0 radical (unpaired) electrons. The van der Waals surface area contributed by atoms with E-state index in [1.54, 1.807) is 0 Å². The third kappa shape index (κ3) is 2.27. The van der Waals surface area contributed by atoms with Crippen molar-refractivity contribution in [2.24, 2.45) is 0 Å². The van der Waals surface area contributed by atoms with Crippen LogP contribution in [0.5, 0.6) is 0 Å². The van der Waals surface area contributed by atoms with Gasteiger partial charge < -0.3 is 5.11 Å². The molecule has 3 aromatic rings. The molecule has 0 saturated heterocycles. The molecule has 2 aromatic carbocycles. The molecule has 0 spiro atoms. The molecule has 0 amide bonds. The number of carbonyl (C=O) groups is 1. The lowest BCUT2D eigenvalue weighted by Gasteiger charge is -2.13. The van der Waals surface area contributed by atoms with Crippen LogP contribution in [0, 0.1) is 0 Å². The van der Waals surface area contributed by atoms with Gasteiger partial charge in [-0.25, -0.2) is 9.78 Å². The Kier molecular flexibility index (Phi) is 3.40. The molecule has 1 N–H and O–H groups in total. The van der Waals surface area contributed by atoms with E-state index in [1.807, 2.05) is 61.5 Å². The molecule has 1 heterocycles. The molecular weight excluding hydrogens is 262 g/mol. The second-order valence-electron chi connectivity index (χ2n) is 4.86. The van der Waals surface area contributed by atoms with Gasteiger partial charge in [0.15, 0.2) is 0 Å². The van der Waals surface area contributed by atoms with Gasteiger partial charge in [0, 0.05) is 10.9 Å². The van der Waals surface area contributed by atoms with Gasteiger partial charge in [-0.1, -0.05) is 55.5 Å². The highest BCUT2D eigenvalue weighted by Gasteiger charge is 2.19. The van der Waals surface area contributed by atoms with Crippen LogP contribution in [0.15, 0.2) is 54.6 Å². The van der Waals surface area contributed by atoms with Crippen molar-refractivity contribution in [3.05, 3.63) is 65.7 Å². The minimum atomic E-state index is -0.900. The van der Waals surface area contributed by atoms with Crippen molar-refractivity contribution in [2.45, 2.75) is 13.3 Å². The largest absolute Gasteiger partial charge is 0.478 e. The van der Waals surface area contributed by atoms with E-state index >= 15 is 0 Å². The van der Waals surface area contributed by atoms with E-state index in [0.717, 1.165) is 16.8 Å². The lowest BCUT2D eigenvalue weighted by molar-refractivity contribution is 0.0698. The predicted octanol–water partition coefficient (Wildman–Crippen LogP) is 4.16. The van der Waals surface area contributed by atoms with Crippen molar-refractivity contribution in [1.82, 2.24) is 4.98 Å². The summed E-state index contributed by atoms with van der Waals surface area (Å²) in [5.74, 6) is -0.900. The Hall–Kier alpha value is -2.68. The van der Waals surface area contributed by atoms with Crippen molar-refractivity contribution in [1.29, 1.82) is 0 Å². The summed E-state index contributed by atoms with van der Waals surface area (Å²) in [6.07, 6.45) is 0.629. The lowest BCUT2D eigenvalue weighted by Crippen LogP contribution is -2.07. The first kappa shape index (κ1) is 13.3. The second kappa shape index (κ2) is 5.37. The van der Waals surface area contributed by atoms with Gasteiger partial charge in [0.05, 0.1) is 16.8 Å². The first-order chi connectivity index (χ1) is 10.2. The van der Waals surface area contributed by atoms with Crippen molar-refractivity contribution in [2.75, 3.05) is 0 Å². The third-order valence-corrected chi connectivity index (χ3v) is 3.61. The average molecular weight is 277 g/mol. The van der Waals surface area contributed by atoms with Crippen molar-refractivity contribution in [3.8, 4) is 11.3 Å². The number of benzene rings is 2. The van der Waals surface area contributed by atoms with Crippen molar-refractivity contribution < 1.29 is 9.90 Å². The number of para-hydroxylation sites is 1. The summed E-state index contributed by atoms with van der Waals surface area (Å²) in [6, 6.07) is 17.1. The monoisotopic (exact) mass is 277 g/mol. The standard InChI is InChI=1S/C18H15NO2/c1-2-13-16(18(20)21)14-10-6-7-11-15(14)19-17(13)12-8-4-3-5-9-12/h3-11H,2H2,1H3,(H,20,21). The zero-order chi connectivity index (χ0) is 14.8. The van der Waals surface area contributed by atoms with E-state index in [-0.39, 0.29) is 0 Å². The number of fused-ring (bicyclic) bond motifs is 1. The third-order valence-electron chi connectivity index (χ3n) is 3.61. The molecule has 3 heteroatoms. The quantitative estimate of drug-likeness (QED) is 0.782. The van der Waals surface area contributed by atoms with Crippen LogP contribution in [-0.4, -0.2) is 16.1 Å². The zero-order valence-corrected chi connectivity index (χ0v) is 11.7. The highest BCUT2D eigenvalue weighted by molar-refractivity contribution is 6.05. The Morgan fingerprint density at radius 1 is 1.05 bits per heavy atom. The molecule has 0 fully saturated rings. The molecule has 0 bridgehead atoms. The lowest BCUT2D eigenvalue weighted by atomic mass is 9.95. The Morgan fingerprint density at radius 3 is 2.38 bits per heavy atom. The van der Waals surface area contributed by atoms with Crippen LogP contribution < -0.4 is 0 Å². The molecule has 0 aliphatic carbocycles. The fraction of sp³-hybridized carbons (Fsp3) is 0.111. The average Bonchev–Trinajstić information content (AvgIpc) is 2.53. The van der Waals surface area contributed by atoms with Gasteiger partial charge in [-0.05, 0) is 18.1 Å². The number of pyridine rings is 1. The minimum Gasteiger partial charge on any atom is -0.478 e. The fourth-order valence-electron chi connectivity index (χ4n) is 2.67. The predicted molar refractivity (Wildman–Crippen MR) is 83.5 cm³/mol. The minimum absolute atomic E-state index is 0.363. The second-order valence-corrected chi connectivity index (χ2v) is 4.86. The van der Waals surface area contributed by atoms with Gasteiger partial charge in [-0.3, -0.25) is 0 Å². The number of hydrogen-bond acceptors (Lipinski definition) is 2. The fourth-order valence-corrected chi connectivity index (χ4v) is 2.67. The maximum atomic E-state index is 11.8. The highest BCUT2D eigenvalue weighted by atomic mass is 16.4. The maximum Gasteiger partial charge on any atom is 0.336 e. The summed E-state index contributed by atoms with van der Waals surface area (Å²) in [5, 5.41) is 10.3. The number of hydrogen-bond donors (Lipinski definition) is 1. The summed E-state index contributed by atoms with van der Waals surface area (Å²) in [4.78, 5) is 16.4. The van der Waals surface area contributed by atoms with Gasteiger partial charge in [-0.15, -0.1) is 0 Å². The summed E-state index contributed by atoms with van der Waals surface area (Å²) < 4.78 is 0. The van der Waals surface area contributed by atoms with Crippen LogP contribution >= 0.6 is 0 Å². The topological polar surface area (TPSA) is 50.2 Å². The number of nitrogens with zero attached hydrogens (tertiary/aromatic N) is 1. The molecule has 3 nitrogen and oxygen atoms in total. The van der Waals surface area contributed by atoms with Crippen LogP contribution in [0.2, 0.25) is 0 Å². The summed E-state index contributed by atoms with van der Waals surface area (Å²) in [6.45, 7) is 1.96. The molecule has 3 rings (SSSR count). The maximum absolute atomic E-state index is 11.8. The number of aromatic carboxylic acids is 1. The molecule has 104 valence electrons. The molecule has 1 aromatic heterocycles. The first-order valence-electron chi connectivity index (χ1n) is 6.92. The van der Waals surface area contributed by atoms with E-state index in [0.29, 0.717) is 22.9 Å². The summed E-state index contributed by atoms with van der Waals surface area (Å²) in [7, 11) is 0. The smallest absolute Gasteiger partial charge is 0.336 e. The zero-order valence-electron chi connectivity index (χ0n) is 11.7. The van der Waals surface area contributed by atoms with Gasteiger partial charge in [0.1, 0.15) is 0 Å². The first-order valence-corrected chi connectivity index (χ1v) is 6.92. The van der Waals surface area contributed by atoms with Gasteiger partial charge in [-0.2, -0.15) is 0 Å². The van der Waals surface area contributed by atoms with E-state index in [1.165, 1.54) is 0 Å². The summed E-state index contributed by atoms with van der Waals surface area (Å²) >= 11 is 0. The van der Waals surface area contributed by atoms with Crippen LogP contribution in [0.25, 0.3) is 22.2 Å². The molecule has 0 aliphatic heterocycles. The normalized spacial score (nSPS) is 10.7. The van der Waals surface area contributed by atoms with Gasteiger partial charge >= 0.3 is 5.97 Å². The van der Waals surface area contributed by atoms with Gasteiger partial charge in [0.25, 0.3) is 0 Å². The SMILES string of the molecule is CCc1c(-c2ccccc2)nc2ccccc2c1C(=O)O. The van der Waals surface area contributed by atoms with Gasteiger partial charge in [0.2, 0.25) is 0 Å².